The second-order valence-corrected chi connectivity index (χ2v) is 4.57. The smallest absolute Gasteiger partial charge is 0.235 e. The molecule has 0 radical (unpaired) electrons. The van der Waals surface area contributed by atoms with Gasteiger partial charge in [0.15, 0.2) is 0 Å². The molecular weight excluding hydrogens is 270 g/mol. The van der Waals surface area contributed by atoms with E-state index in [0.717, 1.165) is 28.6 Å². The Bertz CT molecular complexity index is 465. The second kappa shape index (κ2) is 4.81. The number of benzene rings is 1. The Kier molecular flexibility index (Phi) is 3.42. The molecule has 1 aliphatic rings. The highest BCUT2D eigenvalue weighted by molar-refractivity contribution is 9.10. The molecule has 0 heterocycles. The van der Waals surface area contributed by atoms with Gasteiger partial charge >= 0.3 is 0 Å². The van der Waals surface area contributed by atoms with Crippen molar-refractivity contribution in [2.24, 2.45) is 4.99 Å². The molecule has 0 aliphatic heterocycles. The quantitative estimate of drug-likeness (QED) is 0.631. The largest absolute Gasteiger partial charge is 0.495 e. The number of nitrogens with zero attached hydrogens (tertiary/aromatic N) is 1. The van der Waals surface area contributed by atoms with Crippen molar-refractivity contribution < 1.29 is 9.53 Å². The number of ether oxygens (including phenoxy) is 1. The van der Waals surface area contributed by atoms with Crippen molar-refractivity contribution in [2.75, 3.05) is 7.11 Å². The van der Waals surface area contributed by atoms with Crippen molar-refractivity contribution in [2.45, 2.75) is 25.8 Å². The normalized spacial score (nSPS) is 13.1. The zero-order valence-electron chi connectivity index (χ0n) is 9.05. The summed E-state index contributed by atoms with van der Waals surface area (Å²) in [4.78, 5) is 13.8. The Morgan fingerprint density at radius 1 is 1.56 bits per heavy atom. The first-order valence-electron chi connectivity index (χ1n) is 5.18. The third kappa shape index (κ3) is 1.91. The molecule has 3 nitrogen and oxygen atoms in total. The van der Waals surface area contributed by atoms with E-state index in [2.05, 4.69) is 27.0 Å². The minimum absolute atomic E-state index is 0.332. The van der Waals surface area contributed by atoms with Crippen molar-refractivity contribution in [1.82, 2.24) is 0 Å². The number of isocyanates is 1. The van der Waals surface area contributed by atoms with E-state index < -0.39 is 0 Å². The number of rotatable bonds is 3. The number of aryl methyl sites for hydroxylation is 1. The van der Waals surface area contributed by atoms with Crippen LogP contribution in [-0.4, -0.2) is 13.2 Å². The summed E-state index contributed by atoms with van der Waals surface area (Å²) in [7, 11) is 1.63. The maximum absolute atomic E-state index is 10.2. The molecule has 84 valence electrons. The van der Waals surface area contributed by atoms with Crippen LogP contribution in [0.15, 0.2) is 15.5 Å². The summed E-state index contributed by atoms with van der Waals surface area (Å²) in [6, 6.07) is 2.09. The van der Waals surface area contributed by atoms with Crippen LogP contribution in [0, 0.1) is 0 Å². The van der Waals surface area contributed by atoms with Crippen LogP contribution < -0.4 is 4.74 Å². The van der Waals surface area contributed by atoms with E-state index in [9.17, 15) is 4.79 Å². The number of fused-ring (bicyclic) bond motifs is 1. The molecule has 1 aliphatic carbocycles. The average molecular weight is 282 g/mol. The summed E-state index contributed by atoms with van der Waals surface area (Å²) in [5.41, 5.74) is 3.61. The molecule has 0 fully saturated rings. The standard InChI is InChI=1S/C12H12BrNO2/c1-16-12-9(6-14-7-15)5-8-3-2-4-10(8)11(12)13/h5H,2-4,6H2,1H3. The molecule has 0 bridgehead atoms. The van der Waals surface area contributed by atoms with Gasteiger partial charge in [-0.3, -0.25) is 0 Å². The van der Waals surface area contributed by atoms with Gasteiger partial charge in [0.1, 0.15) is 5.75 Å². The third-order valence-electron chi connectivity index (χ3n) is 2.88. The number of hydrogen-bond acceptors (Lipinski definition) is 3. The van der Waals surface area contributed by atoms with Crippen LogP contribution in [-0.2, 0) is 24.2 Å². The number of hydrogen-bond donors (Lipinski definition) is 0. The molecule has 0 aromatic heterocycles. The average Bonchev–Trinajstić information content (AvgIpc) is 2.75. The maximum Gasteiger partial charge on any atom is 0.235 e. The zero-order valence-corrected chi connectivity index (χ0v) is 10.6. The van der Waals surface area contributed by atoms with Crippen molar-refractivity contribution in [1.29, 1.82) is 0 Å². The van der Waals surface area contributed by atoms with Crippen molar-refractivity contribution in [3.8, 4) is 5.75 Å². The third-order valence-corrected chi connectivity index (χ3v) is 3.72. The second-order valence-electron chi connectivity index (χ2n) is 3.78. The van der Waals surface area contributed by atoms with Gasteiger partial charge in [-0.05, 0) is 52.4 Å². The maximum atomic E-state index is 10.2. The van der Waals surface area contributed by atoms with E-state index in [1.807, 2.05) is 0 Å². The summed E-state index contributed by atoms with van der Waals surface area (Å²) in [6.07, 6.45) is 4.92. The van der Waals surface area contributed by atoms with E-state index in [-0.39, 0.29) is 0 Å². The van der Waals surface area contributed by atoms with Crippen LogP contribution in [0.4, 0.5) is 0 Å². The molecule has 0 spiro atoms. The first-order chi connectivity index (χ1) is 7.77. The van der Waals surface area contributed by atoms with Crippen LogP contribution in [0.2, 0.25) is 0 Å². The predicted octanol–water partition coefficient (Wildman–Crippen LogP) is 2.78. The lowest BCUT2D eigenvalue weighted by Crippen LogP contribution is -1.97. The molecule has 4 heteroatoms. The molecule has 0 atom stereocenters. The lowest BCUT2D eigenvalue weighted by Gasteiger charge is -2.12. The predicted molar refractivity (Wildman–Crippen MR) is 64.5 cm³/mol. The van der Waals surface area contributed by atoms with Gasteiger partial charge in [0.2, 0.25) is 6.08 Å². The molecule has 0 saturated carbocycles. The zero-order chi connectivity index (χ0) is 11.5. The Balaban J connectivity index is 2.51. The summed E-state index contributed by atoms with van der Waals surface area (Å²) >= 11 is 3.57. The molecule has 0 N–H and O–H groups in total. The minimum atomic E-state index is 0.332. The molecule has 0 amide bonds. The molecule has 2 rings (SSSR count). The number of methoxy groups -OCH3 is 1. The van der Waals surface area contributed by atoms with Gasteiger partial charge in [0.25, 0.3) is 0 Å². The first-order valence-corrected chi connectivity index (χ1v) is 5.98. The fourth-order valence-electron chi connectivity index (χ4n) is 2.19. The molecule has 0 saturated heterocycles. The Morgan fingerprint density at radius 2 is 2.38 bits per heavy atom. The van der Waals surface area contributed by atoms with Gasteiger partial charge in [-0.25, -0.2) is 9.79 Å². The van der Waals surface area contributed by atoms with Gasteiger partial charge in [-0.15, -0.1) is 0 Å². The van der Waals surface area contributed by atoms with Gasteiger partial charge < -0.3 is 4.74 Å². The fraction of sp³-hybridized carbons (Fsp3) is 0.417. The topological polar surface area (TPSA) is 38.7 Å². The van der Waals surface area contributed by atoms with Gasteiger partial charge in [-0.1, -0.05) is 0 Å². The summed E-state index contributed by atoms with van der Waals surface area (Å²) < 4.78 is 6.38. The van der Waals surface area contributed by atoms with E-state index in [1.54, 1.807) is 13.2 Å². The molecular formula is C12H12BrNO2. The van der Waals surface area contributed by atoms with Crippen LogP contribution in [0.3, 0.4) is 0 Å². The Hall–Kier alpha value is -1.12. The van der Waals surface area contributed by atoms with E-state index >= 15 is 0 Å². The van der Waals surface area contributed by atoms with Crippen LogP contribution in [0.25, 0.3) is 0 Å². The molecule has 16 heavy (non-hydrogen) atoms. The molecule has 1 aromatic rings. The van der Waals surface area contributed by atoms with Crippen molar-refractivity contribution >= 4 is 22.0 Å². The SMILES string of the molecule is COc1c(CN=C=O)cc2c(c1Br)CCC2. The summed E-state index contributed by atoms with van der Waals surface area (Å²) in [6.45, 7) is 0.332. The monoisotopic (exact) mass is 281 g/mol. The Labute approximate surface area is 103 Å². The highest BCUT2D eigenvalue weighted by atomic mass is 79.9. The van der Waals surface area contributed by atoms with Gasteiger partial charge in [-0.2, -0.15) is 0 Å². The van der Waals surface area contributed by atoms with Crippen LogP contribution in [0.1, 0.15) is 23.1 Å². The summed E-state index contributed by atoms with van der Waals surface area (Å²) in [5, 5.41) is 0. The van der Waals surface area contributed by atoms with Crippen LogP contribution >= 0.6 is 15.9 Å². The number of halogens is 1. The molecule has 0 unspecified atom stereocenters. The highest BCUT2D eigenvalue weighted by Gasteiger charge is 2.20. The highest BCUT2D eigenvalue weighted by Crippen LogP contribution is 2.39. The minimum Gasteiger partial charge on any atom is -0.495 e. The van der Waals surface area contributed by atoms with Gasteiger partial charge in [0, 0.05) is 5.56 Å². The van der Waals surface area contributed by atoms with E-state index in [0.29, 0.717) is 6.54 Å². The number of aliphatic imine (C=N–C) groups is 1. The van der Waals surface area contributed by atoms with E-state index in [1.165, 1.54) is 17.5 Å². The van der Waals surface area contributed by atoms with E-state index in [4.69, 9.17) is 4.74 Å². The summed E-state index contributed by atoms with van der Waals surface area (Å²) in [5.74, 6) is 0.791. The number of carbonyl (C=O) groups excluding carboxylic acids is 1. The van der Waals surface area contributed by atoms with Crippen molar-refractivity contribution in [3.05, 3.63) is 27.2 Å². The molecule has 1 aromatic carbocycles. The van der Waals surface area contributed by atoms with Gasteiger partial charge in [0.05, 0.1) is 18.1 Å². The van der Waals surface area contributed by atoms with Crippen LogP contribution in [0.5, 0.6) is 5.75 Å². The van der Waals surface area contributed by atoms with Crippen molar-refractivity contribution in [3.63, 3.8) is 0 Å². The Morgan fingerprint density at radius 3 is 3.06 bits per heavy atom. The lowest BCUT2D eigenvalue weighted by molar-refractivity contribution is 0.406. The first kappa shape index (κ1) is 11.4. The fourth-order valence-corrected chi connectivity index (χ4v) is 3.06. The lowest BCUT2D eigenvalue weighted by atomic mass is 10.1.